The Hall–Kier alpha value is -1.80. The molecule has 2 heterocycles. The van der Waals surface area contributed by atoms with E-state index in [9.17, 15) is 8.42 Å². The van der Waals surface area contributed by atoms with Crippen LogP contribution in [-0.2, 0) is 17.1 Å². The van der Waals surface area contributed by atoms with Crippen molar-refractivity contribution in [3.05, 3.63) is 29.0 Å². The fraction of sp³-hybridized carbons (Fsp3) is 0.200. The number of pyridine rings is 1. The average Bonchev–Trinajstić information content (AvgIpc) is 2.60. The monoisotopic (exact) mass is 301 g/mol. The molecule has 0 saturated carbocycles. The van der Waals surface area contributed by atoms with E-state index in [1.54, 1.807) is 20.0 Å². The number of nitrogens with one attached hydrogen (secondary N) is 1. The number of halogens is 1. The molecule has 102 valence electrons. The van der Waals surface area contributed by atoms with Gasteiger partial charge in [0.25, 0.3) is 10.0 Å². The van der Waals surface area contributed by atoms with Crippen LogP contribution < -0.4 is 10.5 Å². The first-order valence-corrected chi connectivity index (χ1v) is 7.10. The maximum Gasteiger partial charge on any atom is 0.264 e. The van der Waals surface area contributed by atoms with Gasteiger partial charge in [0, 0.05) is 19.3 Å². The van der Waals surface area contributed by atoms with E-state index in [4.69, 9.17) is 17.3 Å². The van der Waals surface area contributed by atoms with Gasteiger partial charge in [0.15, 0.2) is 0 Å². The molecule has 0 unspecified atom stereocenters. The second kappa shape index (κ2) is 4.71. The van der Waals surface area contributed by atoms with Crippen molar-refractivity contribution in [3.8, 4) is 0 Å². The lowest BCUT2D eigenvalue weighted by molar-refractivity contribution is 0.600. The smallest absolute Gasteiger partial charge is 0.264 e. The quantitative estimate of drug-likeness (QED) is 0.885. The van der Waals surface area contributed by atoms with Crippen LogP contribution in [0.1, 0.15) is 5.69 Å². The molecule has 0 radical (unpaired) electrons. The Kier molecular flexibility index (Phi) is 3.38. The highest BCUT2D eigenvalue weighted by Gasteiger charge is 2.18. The van der Waals surface area contributed by atoms with Crippen LogP contribution in [0.2, 0.25) is 5.02 Å². The minimum Gasteiger partial charge on any atom is -0.382 e. The first-order valence-electron chi connectivity index (χ1n) is 5.24. The summed E-state index contributed by atoms with van der Waals surface area (Å²) in [6.45, 7) is 1.76. The molecule has 0 aliphatic rings. The van der Waals surface area contributed by atoms with Gasteiger partial charge in [-0.05, 0) is 13.0 Å². The number of sulfonamides is 1. The molecule has 0 spiro atoms. The van der Waals surface area contributed by atoms with Crippen molar-refractivity contribution in [2.45, 2.75) is 11.8 Å². The molecule has 9 heteroatoms. The highest BCUT2D eigenvalue weighted by Crippen LogP contribution is 2.22. The van der Waals surface area contributed by atoms with Crippen LogP contribution >= 0.6 is 11.6 Å². The fourth-order valence-electron chi connectivity index (χ4n) is 1.48. The number of aromatic nitrogens is 3. The maximum absolute atomic E-state index is 12.1. The summed E-state index contributed by atoms with van der Waals surface area (Å²) in [6, 6.07) is 2.86. The van der Waals surface area contributed by atoms with Crippen molar-refractivity contribution >= 4 is 33.3 Å². The van der Waals surface area contributed by atoms with Crippen LogP contribution in [0.15, 0.2) is 23.2 Å². The minimum atomic E-state index is -3.78. The summed E-state index contributed by atoms with van der Waals surface area (Å²) in [6.07, 6.45) is 1.15. The molecule has 2 rings (SSSR count). The highest BCUT2D eigenvalue weighted by atomic mass is 35.5. The third-order valence-electron chi connectivity index (χ3n) is 2.40. The zero-order chi connectivity index (χ0) is 14.2. The molecule has 2 aromatic heterocycles. The molecule has 7 nitrogen and oxygen atoms in total. The van der Waals surface area contributed by atoms with Crippen molar-refractivity contribution in [1.29, 1.82) is 0 Å². The zero-order valence-electron chi connectivity index (χ0n) is 10.3. The molecule has 0 bridgehead atoms. The summed E-state index contributed by atoms with van der Waals surface area (Å²) >= 11 is 5.76. The fourth-order valence-corrected chi connectivity index (χ4v) is 2.76. The molecule has 0 aliphatic heterocycles. The Morgan fingerprint density at radius 3 is 2.63 bits per heavy atom. The summed E-state index contributed by atoms with van der Waals surface area (Å²) in [7, 11) is -2.14. The topological polar surface area (TPSA) is 103 Å². The summed E-state index contributed by atoms with van der Waals surface area (Å²) < 4.78 is 28.1. The largest absolute Gasteiger partial charge is 0.382 e. The van der Waals surface area contributed by atoms with Gasteiger partial charge in [0.05, 0.1) is 10.7 Å². The minimum absolute atomic E-state index is 0.0643. The van der Waals surface area contributed by atoms with Gasteiger partial charge < -0.3 is 5.73 Å². The van der Waals surface area contributed by atoms with Crippen molar-refractivity contribution in [2.75, 3.05) is 10.5 Å². The summed E-state index contributed by atoms with van der Waals surface area (Å²) in [4.78, 5) is 3.65. The summed E-state index contributed by atoms with van der Waals surface area (Å²) in [5, 5.41) is 4.14. The van der Waals surface area contributed by atoms with Gasteiger partial charge in [0.1, 0.15) is 16.5 Å². The Morgan fingerprint density at radius 1 is 1.42 bits per heavy atom. The van der Waals surface area contributed by atoms with Gasteiger partial charge in [-0.25, -0.2) is 13.4 Å². The molecule has 0 aromatic carbocycles. The molecule has 0 amide bonds. The Balaban J connectivity index is 2.37. The predicted molar refractivity (Wildman–Crippen MR) is 72.4 cm³/mol. The van der Waals surface area contributed by atoms with E-state index in [1.807, 2.05) is 0 Å². The van der Waals surface area contributed by atoms with E-state index in [-0.39, 0.29) is 15.7 Å². The third kappa shape index (κ3) is 2.79. The van der Waals surface area contributed by atoms with Crippen LogP contribution in [-0.4, -0.2) is 23.2 Å². The Morgan fingerprint density at radius 2 is 2.11 bits per heavy atom. The van der Waals surface area contributed by atoms with E-state index in [2.05, 4.69) is 14.8 Å². The Bertz CT molecular complexity index is 726. The molecule has 0 aliphatic carbocycles. The van der Waals surface area contributed by atoms with E-state index in [0.717, 1.165) is 6.20 Å². The first-order chi connectivity index (χ1) is 8.79. The van der Waals surface area contributed by atoms with Crippen LogP contribution in [0, 0.1) is 6.92 Å². The van der Waals surface area contributed by atoms with Gasteiger partial charge >= 0.3 is 0 Å². The number of nitrogens with zero attached hydrogens (tertiary/aromatic N) is 3. The number of nitrogen functional groups attached to an aromatic ring is 1. The first kappa shape index (κ1) is 13.6. The van der Waals surface area contributed by atoms with Gasteiger partial charge in [-0.15, -0.1) is 0 Å². The molecule has 3 N–H and O–H groups in total. The van der Waals surface area contributed by atoms with Crippen molar-refractivity contribution < 1.29 is 8.42 Å². The van der Waals surface area contributed by atoms with E-state index >= 15 is 0 Å². The SMILES string of the molecule is Cc1cc(NS(=O)(=O)c2cnc(N)c(Cl)c2)n(C)n1. The third-order valence-corrected chi connectivity index (χ3v) is 4.02. The molecular weight excluding hydrogens is 290 g/mol. The number of hydrogen-bond donors (Lipinski definition) is 2. The second-order valence-corrected chi connectivity index (χ2v) is 6.03. The average molecular weight is 302 g/mol. The number of anilines is 2. The lowest BCUT2D eigenvalue weighted by Crippen LogP contribution is -2.15. The number of aryl methyl sites for hydroxylation is 2. The van der Waals surface area contributed by atoms with E-state index < -0.39 is 10.0 Å². The van der Waals surface area contributed by atoms with E-state index in [0.29, 0.717) is 11.5 Å². The zero-order valence-corrected chi connectivity index (χ0v) is 11.8. The molecular formula is C10H12ClN5O2S. The van der Waals surface area contributed by atoms with Gasteiger partial charge in [0.2, 0.25) is 0 Å². The number of hydrogen-bond acceptors (Lipinski definition) is 5. The summed E-state index contributed by atoms with van der Waals surface area (Å²) in [5.41, 5.74) is 6.14. The lowest BCUT2D eigenvalue weighted by Gasteiger charge is -2.08. The highest BCUT2D eigenvalue weighted by molar-refractivity contribution is 7.92. The van der Waals surface area contributed by atoms with Crippen LogP contribution in [0.5, 0.6) is 0 Å². The molecule has 0 saturated heterocycles. The van der Waals surface area contributed by atoms with Gasteiger partial charge in [-0.2, -0.15) is 5.10 Å². The molecule has 2 aromatic rings. The number of nitrogens with two attached hydrogens (primary N) is 1. The maximum atomic E-state index is 12.1. The molecule has 0 fully saturated rings. The summed E-state index contributed by atoms with van der Waals surface area (Å²) in [5.74, 6) is 0.433. The molecule has 19 heavy (non-hydrogen) atoms. The van der Waals surface area contributed by atoms with Crippen LogP contribution in [0.4, 0.5) is 11.6 Å². The lowest BCUT2D eigenvalue weighted by atomic mass is 10.5. The van der Waals surface area contributed by atoms with Crippen LogP contribution in [0.3, 0.4) is 0 Å². The van der Waals surface area contributed by atoms with Crippen LogP contribution in [0.25, 0.3) is 0 Å². The van der Waals surface area contributed by atoms with Crippen molar-refractivity contribution in [1.82, 2.24) is 14.8 Å². The normalized spacial score (nSPS) is 11.5. The van der Waals surface area contributed by atoms with E-state index in [1.165, 1.54) is 10.7 Å². The van der Waals surface area contributed by atoms with Gasteiger partial charge in [-0.3, -0.25) is 9.40 Å². The van der Waals surface area contributed by atoms with Crippen molar-refractivity contribution in [3.63, 3.8) is 0 Å². The Labute approximate surface area is 115 Å². The standard InChI is InChI=1S/C10H12ClN5O2S/c1-6-3-9(16(2)14-6)15-19(17,18)7-4-8(11)10(12)13-5-7/h3-5,15H,1-2H3,(H2,12,13). The van der Waals surface area contributed by atoms with Gasteiger partial charge in [-0.1, -0.05) is 11.6 Å². The molecule has 0 atom stereocenters. The predicted octanol–water partition coefficient (Wildman–Crippen LogP) is 1.16. The number of rotatable bonds is 3. The second-order valence-electron chi connectivity index (χ2n) is 3.94. The van der Waals surface area contributed by atoms with Crippen molar-refractivity contribution in [2.24, 2.45) is 7.05 Å².